The van der Waals surface area contributed by atoms with Crippen LogP contribution in [0.1, 0.15) is 35.4 Å². The Morgan fingerprint density at radius 2 is 1.93 bits per heavy atom. The molecule has 1 fully saturated rings. The zero-order valence-corrected chi connectivity index (χ0v) is 17.6. The van der Waals surface area contributed by atoms with E-state index in [2.05, 4.69) is 5.10 Å². The number of hydrogen-bond donors (Lipinski definition) is 1. The lowest BCUT2D eigenvalue weighted by Crippen LogP contribution is -2.29. The van der Waals surface area contributed by atoms with Gasteiger partial charge in [0.15, 0.2) is 0 Å². The minimum Gasteiger partial charge on any atom is -0.481 e. The Morgan fingerprint density at radius 3 is 2.57 bits per heavy atom. The summed E-state index contributed by atoms with van der Waals surface area (Å²) in [6, 6.07) is 8.10. The zero-order valence-electron chi connectivity index (χ0n) is 15.9. The Hall–Kier alpha value is -2.45. The summed E-state index contributed by atoms with van der Waals surface area (Å²) in [6.45, 7) is 6.24. The lowest BCUT2D eigenvalue weighted by molar-refractivity contribution is -0.137. The Balaban J connectivity index is 1.85. The summed E-state index contributed by atoms with van der Waals surface area (Å²) >= 11 is 6.55. The smallest absolute Gasteiger partial charge is 0.303 e. The van der Waals surface area contributed by atoms with Crippen LogP contribution in [0.2, 0.25) is 0 Å². The first-order valence-electron chi connectivity index (χ1n) is 8.88. The van der Waals surface area contributed by atoms with Crippen molar-refractivity contribution in [2.45, 2.75) is 33.6 Å². The molecule has 1 aliphatic rings. The quantitative estimate of drug-likeness (QED) is 0.570. The number of benzene rings is 1. The molecule has 0 spiro atoms. The molecule has 0 saturated carbocycles. The zero-order chi connectivity index (χ0) is 20.4. The Bertz CT molecular complexity index is 977. The van der Waals surface area contributed by atoms with E-state index in [-0.39, 0.29) is 12.3 Å². The number of thiocarbonyl (C=S) groups is 1. The average Bonchev–Trinajstić information content (AvgIpc) is 3.07. The van der Waals surface area contributed by atoms with Gasteiger partial charge < -0.3 is 5.11 Å². The van der Waals surface area contributed by atoms with Gasteiger partial charge in [-0.1, -0.05) is 41.7 Å². The molecule has 0 bridgehead atoms. The first kappa shape index (κ1) is 20.3. The van der Waals surface area contributed by atoms with Crippen LogP contribution in [0.5, 0.6) is 0 Å². The molecule has 0 radical (unpaired) electrons. The molecule has 0 unspecified atom stereocenters. The number of thioether (sulfide) groups is 1. The molecular formula is C20H21N3O3S2. The number of amides is 1. The Kier molecular flexibility index (Phi) is 6.00. The largest absolute Gasteiger partial charge is 0.481 e. The van der Waals surface area contributed by atoms with E-state index < -0.39 is 5.97 Å². The maximum absolute atomic E-state index is 12.7. The van der Waals surface area contributed by atoms with Gasteiger partial charge in [-0.3, -0.25) is 14.5 Å². The van der Waals surface area contributed by atoms with E-state index in [9.17, 15) is 9.59 Å². The van der Waals surface area contributed by atoms with Crippen LogP contribution in [-0.4, -0.2) is 42.5 Å². The number of hydrogen-bond acceptors (Lipinski definition) is 5. The van der Waals surface area contributed by atoms with Crippen molar-refractivity contribution >= 4 is 46.3 Å². The lowest BCUT2D eigenvalue weighted by atomic mass is 10.1. The summed E-state index contributed by atoms with van der Waals surface area (Å²) in [5, 5.41) is 13.4. The molecule has 1 aromatic heterocycles. The van der Waals surface area contributed by atoms with E-state index in [4.69, 9.17) is 17.3 Å². The summed E-state index contributed by atoms with van der Waals surface area (Å²) in [5.74, 6) is -1.06. The van der Waals surface area contributed by atoms with Crippen molar-refractivity contribution in [1.29, 1.82) is 0 Å². The fourth-order valence-corrected chi connectivity index (χ4v) is 4.30. The summed E-state index contributed by atoms with van der Waals surface area (Å²) in [7, 11) is 0. The van der Waals surface area contributed by atoms with Crippen molar-refractivity contribution in [2.75, 3.05) is 6.54 Å². The van der Waals surface area contributed by atoms with E-state index in [1.165, 1.54) is 22.2 Å². The van der Waals surface area contributed by atoms with Crippen molar-refractivity contribution in [3.63, 3.8) is 0 Å². The van der Waals surface area contributed by atoms with Gasteiger partial charge >= 0.3 is 5.97 Å². The predicted octanol–water partition coefficient (Wildman–Crippen LogP) is 3.86. The van der Waals surface area contributed by atoms with Gasteiger partial charge in [0.05, 0.1) is 16.3 Å². The van der Waals surface area contributed by atoms with Gasteiger partial charge in [0.1, 0.15) is 4.32 Å². The second kappa shape index (κ2) is 8.28. The fraction of sp³-hybridized carbons (Fsp3) is 0.300. The molecular weight excluding hydrogens is 394 g/mol. The third-order valence-electron chi connectivity index (χ3n) is 4.55. The van der Waals surface area contributed by atoms with Crippen molar-refractivity contribution in [3.05, 3.63) is 51.7 Å². The number of aromatic nitrogens is 2. The standard InChI is InChI=1S/C20H21N3O3S2/c1-12-6-8-15(9-7-12)23-14(3)16(13(2)21-23)11-17-19(26)22(20(27)28-17)10-4-5-18(24)25/h6-9,11H,4-5,10H2,1-3H3,(H,24,25). The van der Waals surface area contributed by atoms with Crippen LogP contribution in [0, 0.1) is 20.8 Å². The maximum atomic E-state index is 12.7. The summed E-state index contributed by atoms with van der Waals surface area (Å²) in [6.07, 6.45) is 2.22. The minimum absolute atomic E-state index is 0.0116. The number of carboxylic acids is 1. The van der Waals surface area contributed by atoms with Crippen molar-refractivity contribution < 1.29 is 14.7 Å². The van der Waals surface area contributed by atoms with Crippen LogP contribution in [0.25, 0.3) is 11.8 Å². The second-order valence-corrected chi connectivity index (χ2v) is 8.34. The predicted molar refractivity (Wildman–Crippen MR) is 115 cm³/mol. The normalized spacial score (nSPS) is 15.7. The first-order chi connectivity index (χ1) is 13.3. The van der Waals surface area contributed by atoms with Crippen LogP contribution in [0.4, 0.5) is 0 Å². The topological polar surface area (TPSA) is 75.4 Å². The molecule has 0 aliphatic carbocycles. The number of carboxylic acid groups (broad SMARTS) is 1. The molecule has 28 heavy (non-hydrogen) atoms. The Labute approximate surface area is 173 Å². The summed E-state index contributed by atoms with van der Waals surface area (Å²) in [4.78, 5) is 25.4. The molecule has 1 saturated heterocycles. The van der Waals surface area contributed by atoms with E-state index in [0.29, 0.717) is 22.2 Å². The van der Waals surface area contributed by atoms with Gasteiger partial charge in [0.25, 0.3) is 5.91 Å². The number of nitrogens with zero attached hydrogens (tertiary/aromatic N) is 3. The molecule has 1 aromatic carbocycles. The molecule has 8 heteroatoms. The maximum Gasteiger partial charge on any atom is 0.303 e. The third-order valence-corrected chi connectivity index (χ3v) is 5.92. The number of carbonyl (C=O) groups is 2. The van der Waals surface area contributed by atoms with Crippen molar-refractivity contribution in [3.8, 4) is 5.69 Å². The molecule has 6 nitrogen and oxygen atoms in total. The van der Waals surface area contributed by atoms with Gasteiger partial charge in [0.2, 0.25) is 0 Å². The van der Waals surface area contributed by atoms with Crippen molar-refractivity contribution in [2.24, 2.45) is 0 Å². The molecule has 0 atom stereocenters. The van der Waals surface area contributed by atoms with Gasteiger partial charge in [-0.2, -0.15) is 5.10 Å². The Morgan fingerprint density at radius 1 is 1.25 bits per heavy atom. The van der Waals surface area contributed by atoms with Crippen LogP contribution < -0.4 is 0 Å². The van der Waals surface area contributed by atoms with E-state index in [1.54, 1.807) is 0 Å². The second-order valence-electron chi connectivity index (χ2n) is 6.66. The fourth-order valence-electron chi connectivity index (χ4n) is 3.01. The van der Waals surface area contributed by atoms with Gasteiger partial charge in [-0.15, -0.1) is 0 Å². The summed E-state index contributed by atoms with van der Waals surface area (Å²) in [5.41, 5.74) is 4.81. The van der Waals surface area contributed by atoms with E-state index in [1.807, 2.05) is 55.8 Å². The molecule has 3 rings (SSSR count). The highest BCUT2D eigenvalue weighted by Gasteiger charge is 2.32. The average molecular weight is 416 g/mol. The molecule has 2 heterocycles. The minimum atomic E-state index is -0.879. The number of aliphatic carboxylic acids is 1. The number of rotatable bonds is 6. The highest BCUT2D eigenvalue weighted by atomic mass is 32.2. The van der Waals surface area contributed by atoms with Gasteiger partial charge in [0, 0.05) is 24.2 Å². The number of carbonyl (C=O) groups excluding carboxylic acids is 1. The highest BCUT2D eigenvalue weighted by molar-refractivity contribution is 8.26. The monoisotopic (exact) mass is 415 g/mol. The molecule has 1 N–H and O–H groups in total. The molecule has 2 aromatic rings. The number of aryl methyl sites for hydroxylation is 2. The summed E-state index contributed by atoms with van der Waals surface area (Å²) < 4.78 is 2.33. The molecule has 1 amide bonds. The van der Waals surface area contributed by atoms with E-state index >= 15 is 0 Å². The highest BCUT2D eigenvalue weighted by Crippen LogP contribution is 2.34. The van der Waals surface area contributed by atoms with Crippen LogP contribution in [0.3, 0.4) is 0 Å². The van der Waals surface area contributed by atoms with Gasteiger partial charge in [-0.25, -0.2) is 4.68 Å². The van der Waals surface area contributed by atoms with Crippen LogP contribution in [0.15, 0.2) is 29.2 Å². The van der Waals surface area contributed by atoms with Gasteiger partial charge in [-0.05, 0) is 45.4 Å². The lowest BCUT2D eigenvalue weighted by Gasteiger charge is -2.13. The molecule has 1 aliphatic heterocycles. The van der Waals surface area contributed by atoms with Crippen molar-refractivity contribution in [1.82, 2.24) is 14.7 Å². The SMILES string of the molecule is Cc1ccc(-n2nc(C)c(C=C3SC(=S)N(CCCC(=O)O)C3=O)c2C)cc1. The van der Waals surface area contributed by atoms with Crippen LogP contribution in [-0.2, 0) is 9.59 Å². The van der Waals surface area contributed by atoms with E-state index in [0.717, 1.165) is 22.6 Å². The first-order valence-corrected chi connectivity index (χ1v) is 10.1. The van der Waals surface area contributed by atoms with Crippen LogP contribution >= 0.6 is 24.0 Å². The third kappa shape index (κ3) is 4.18. The molecule has 146 valence electrons.